The molecule has 0 fully saturated rings. The summed E-state index contributed by atoms with van der Waals surface area (Å²) in [6, 6.07) is 13.8. The van der Waals surface area contributed by atoms with Gasteiger partial charge in [0.1, 0.15) is 11.6 Å². The monoisotopic (exact) mass is 461 g/mol. The Balaban J connectivity index is 1.58. The first-order valence-corrected chi connectivity index (χ1v) is 11.1. The first-order chi connectivity index (χ1) is 16.4. The average molecular weight is 462 g/mol. The minimum Gasteiger partial charge on any atom is -0.396 e. The summed E-state index contributed by atoms with van der Waals surface area (Å²) in [6.07, 6.45) is 4.20. The van der Waals surface area contributed by atoms with Gasteiger partial charge in [-0.05, 0) is 72.5 Å². The van der Waals surface area contributed by atoms with E-state index in [-0.39, 0.29) is 29.6 Å². The van der Waals surface area contributed by atoms with Crippen LogP contribution in [0.1, 0.15) is 39.2 Å². The summed E-state index contributed by atoms with van der Waals surface area (Å²) in [6.45, 7) is 2.16. The predicted octanol–water partition coefficient (Wildman–Crippen LogP) is 4.28. The van der Waals surface area contributed by atoms with E-state index in [4.69, 9.17) is 0 Å². The number of rotatable bonds is 8. The number of aromatic nitrogens is 1. The van der Waals surface area contributed by atoms with Crippen LogP contribution in [0.15, 0.2) is 71.9 Å². The Hall–Kier alpha value is -3.71. The molecular formula is C27H25F2N3O2. The minimum atomic E-state index is -0.554. The molecule has 1 aliphatic heterocycles. The third-order valence-corrected chi connectivity index (χ3v) is 5.70. The zero-order valence-corrected chi connectivity index (χ0v) is 18.8. The number of amides is 1. The fourth-order valence-electron chi connectivity index (χ4n) is 4.00. The van der Waals surface area contributed by atoms with Crippen LogP contribution in [0.25, 0.3) is 5.57 Å². The molecule has 1 amide bonds. The van der Waals surface area contributed by atoms with Crippen molar-refractivity contribution in [1.82, 2.24) is 10.3 Å². The van der Waals surface area contributed by atoms with Gasteiger partial charge in [-0.2, -0.15) is 0 Å². The zero-order valence-electron chi connectivity index (χ0n) is 18.8. The van der Waals surface area contributed by atoms with E-state index >= 15 is 0 Å². The van der Waals surface area contributed by atoms with Gasteiger partial charge in [0.05, 0.1) is 17.8 Å². The van der Waals surface area contributed by atoms with Gasteiger partial charge in [-0.1, -0.05) is 18.2 Å². The number of pyridine rings is 1. The second kappa shape index (κ2) is 10.5. The fourth-order valence-corrected chi connectivity index (χ4v) is 4.00. The lowest BCUT2D eigenvalue weighted by molar-refractivity contribution is 0.0929. The standard InChI is InChI=1S/C27H25F2N3O2/c1-17-9-11-30-22(13-17)15-21(10-12-33)32-27(34)23-3-2-4-24(29)26(23)25-14-19(16-31-25)18-5-7-20(28)8-6-18/h2-9,11,13-14,21,33H,10,12,15-16H2,1H3,(H,32,34)/t21-/m0/s1. The van der Waals surface area contributed by atoms with Gasteiger partial charge in [0.15, 0.2) is 0 Å². The number of nitrogens with zero attached hydrogens (tertiary/aromatic N) is 2. The van der Waals surface area contributed by atoms with E-state index in [9.17, 15) is 18.7 Å². The highest BCUT2D eigenvalue weighted by atomic mass is 19.1. The number of carbonyl (C=O) groups is 1. The Morgan fingerprint density at radius 3 is 2.68 bits per heavy atom. The molecule has 1 atom stereocenters. The van der Waals surface area contributed by atoms with Gasteiger partial charge in [0.25, 0.3) is 5.91 Å². The Morgan fingerprint density at radius 1 is 1.15 bits per heavy atom. The highest BCUT2D eigenvalue weighted by Crippen LogP contribution is 2.25. The van der Waals surface area contributed by atoms with E-state index in [0.717, 1.165) is 22.4 Å². The van der Waals surface area contributed by atoms with Crippen LogP contribution in [0.4, 0.5) is 8.78 Å². The number of nitrogens with one attached hydrogen (secondary N) is 1. The van der Waals surface area contributed by atoms with Crippen LogP contribution in [0.5, 0.6) is 0 Å². The molecule has 1 aliphatic rings. The molecule has 2 N–H and O–H groups in total. The van der Waals surface area contributed by atoms with Crippen LogP contribution in [0, 0.1) is 18.6 Å². The van der Waals surface area contributed by atoms with Crippen molar-refractivity contribution in [3.8, 4) is 0 Å². The predicted molar refractivity (Wildman–Crippen MR) is 128 cm³/mol. The van der Waals surface area contributed by atoms with Crippen molar-refractivity contribution in [1.29, 1.82) is 0 Å². The molecule has 4 rings (SSSR count). The Morgan fingerprint density at radius 2 is 1.94 bits per heavy atom. The van der Waals surface area contributed by atoms with Crippen molar-refractivity contribution < 1.29 is 18.7 Å². The number of aliphatic hydroxyl groups excluding tert-OH is 1. The summed E-state index contributed by atoms with van der Waals surface area (Å²) in [7, 11) is 0. The molecule has 5 nitrogen and oxygen atoms in total. The quantitative estimate of drug-likeness (QED) is 0.526. The maximum atomic E-state index is 14.9. The molecule has 0 spiro atoms. The maximum absolute atomic E-state index is 14.9. The molecule has 3 aromatic rings. The smallest absolute Gasteiger partial charge is 0.252 e. The molecule has 174 valence electrons. The summed E-state index contributed by atoms with van der Waals surface area (Å²) in [4.78, 5) is 22.0. The lowest BCUT2D eigenvalue weighted by Gasteiger charge is -2.19. The lowest BCUT2D eigenvalue weighted by atomic mass is 9.98. The number of hydrogen-bond acceptors (Lipinski definition) is 4. The molecule has 2 heterocycles. The third-order valence-electron chi connectivity index (χ3n) is 5.70. The lowest BCUT2D eigenvalue weighted by Crippen LogP contribution is -2.38. The Kier molecular flexibility index (Phi) is 7.23. The number of allylic oxidation sites excluding steroid dienone is 1. The number of carbonyl (C=O) groups excluding carboxylic acids is 1. The molecule has 2 aromatic carbocycles. The van der Waals surface area contributed by atoms with Crippen LogP contribution < -0.4 is 5.32 Å². The highest BCUT2D eigenvalue weighted by Gasteiger charge is 2.23. The maximum Gasteiger partial charge on any atom is 0.252 e. The van der Waals surface area contributed by atoms with Crippen molar-refractivity contribution in [3.63, 3.8) is 0 Å². The van der Waals surface area contributed by atoms with Crippen molar-refractivity contribution in [2.45, 2.75) is 25.8 Å². The van der Waals surface area contributed by atoms with E-state index < -0.39 is 11.7 Å². The molecule has 1 aromatic heterocycles. The minimum absolute atomic E-state index is 0.108. The van der Waals surface area contributed by atoms with Crippen LogP contribution in [0.2, 0.25) is 0 Å². The summed E-state index contributed by atoms with van der Waals surface area (Å²) in [5.74, 6) is -1.34. The van der Waals surface area contributed by atoms with Crippen LogP contribution in [0.3, 0.4) is 0 Å². The Bertz CT molecular complexity index is 1250. The van der Waals surface area contributed by atoms with Crippen LogP contribution >= 0.6 is 0 Å². The van der Waals surface area contributed by atoms with Gasteiger partial charge in [-0.25, -0.2) is 8.78 Å². The second-order valence-corrected chi connectivity index (χ2v) is 8.25. The number of benzene rings is 2. The first kappa shape index (κ1) is 23.4. The van der Waals surface area contributed by atoms with Crippen molar-refractivity contribution >= 4 is 17.2 Å². The van der Waals surface area contributed by atoms with E-state index in [2.05, 4.69) is 15.3 Å². The molecule has 0 saturated heterocycles. The molecule has 34 heavy (non-hydrogen) atoms. The highest BCUT2D eigenvalue weighted by molar-refractivity contribution is 6.19. The molecule has 0 aliphatic carbocycles. The van der Waals surface area contributed by atoms with Crippen molar-refractivity contribution in [3.05, 3.63) is 106 Å². The topological polar surface area (TPSA) is 74.6 Å². The van der Waals surface area contributed by atoms with Gasteiger partial charge >= 0.3 is 0 Å². The normalized spacial score (nSPS) is 13.9. The van der Waals surface area contributed by atoms with Crippen LogP contribution in [-0.4, -0.2) is 40.9 Å². The second-order valence-electron chi connectivity index (χ2n) is 8.25. The number of halogens is 2. The van der Waals surface area contributed by atoms with E-state index in [1.54, 1.807) is 30.5 Å². The molecule has 0 saturated carbocycles. The summed E-state index contributed by atoms with van der Waals surface area (Å²) in [5.41, 5.74) is 4.09. The number of hydrogen-bond donors (Lipinski definition) is 2. The van der Waals surface area contributed by atoms with Crippen molar-refractivity contribution in [2.24, 2.45) is 4.99 Å². The van der Waals surface area contributed by atoms with Gasteiger partial charge in [-0.3, -0.25) is 14.8 Å². The van der Waals surface area contributed by atoms with Gasteiger partial charge in [0.2, 0.25) is 0 Å². The molecule has 7 heteroatoms. The SMILES string of the molecule is Cc1ccnc(C[C@H](CCO)NC(=O)c2cccc(F)c2C2=NCC(c3ccc(F)cc3)=C2)c1. The largest absolute Gasteiger partial charge is 0.396 e. The summed E-state index contributed by atoms with van der Waals surface area (Å²) < 4.78 is 28.2. The van der Waals surface area contributed by atoms with Crippen molar-refractivity contribution in [2.75, 3.05) is 13.2 Å². The van der Waals surface area contributed by atoms with E-state index in [1.807, 2.05) is 19.1 Å². The molecular weight excluding hydrogens is 436 g/mol. The van der Waals surface area contributed by atoms with E-state index in [1.165, 1.54) is 24.3 Å². The average Bonchev–Trinajstić information content (AvgIpc) is 3.29. The van der Waals surface area contributed by atoms with Crippen LogP contribution in [-0.2, 0) is 6.42 Å². The number of aliphatic imine (C=N–C) groups is 1. The summed E-state index contributed by atoms with van der Waals surface area (Å²) in [5, 5.41) is 12.4. The molecule has 0 bridgehead atoms. The van der Waals surface area contributed by atoms with Gasteiger partial charge in [-0.15, -0.1) is 0 Å². The third kappa shape index (κ3) is 5.43. The van der Waals surface area contributed by atoms with Gasteiger partial charge < -0.3 is 10.4 Å². The molecule has 0 unspecified atom stereocenters. The zero-order chi connectivity index (χ0) is 24.1. The van der Waals surface area contributed by atoms with Gasteiger partial charge in [0, 0.05) is 36.5 Å². The molecule has 0 radical (unpaired) electrons. The Labute approximate surface area is 196 Å². The summed E-state index contributed by atoms with van der Waals surface area (Å²) >= 11 is 0. The van der Waals surface area contributed by atoms with E-state index in [0.29, 0.717) is 25.1 Å². The fraction of sp³-hybridized carbons (Fsp3) is 0.222. The number of aliphatic hydroxyl groups is 1. The number of aryl methyl sites for hydroxylation is 1. The first-order valence-electron chi connectivity index (χ1n) is 11.1.